The summed E-state index contributed by atoms with van der Waals surface area (Å²) in [4.78, 5) is 37.7. The zero-order valence-corrected chi connectivity index (χ0v) is 52.4. The highest BCUT2D eigenvalue weighted by atomic mass is 16.8. The maximum atomic E-state index is 12.9. The predicted molar refractivity (Wildman–Crippen MR) is 299 cm³/mol. The van der Waals surface area contributed by atoms with Crippen LogP contribution in [0.3, 0.4) is 0 Å². The molecule has 0 aromatic heterocycles. The smallest absolute Gasteiger partial charge is 0.217 e. The van der Waals surface area contributed by atoms with E-state index in [1.807, 2.05) is 0 Å². The van der Waals surface area contributed by atoms with Gasteiger partial charge >= 0.3 is 0 Å². The third-order valence-electron chi connectivity index (χ3n) is 17.8. The second kappa shape index (κ2) is 35.1. The van der Waals surface area contributed by atoms with Crippen molar-refractivity contribution in [1.29, 1.82) is 0 Å². The molecule has 0 spiro atoms. The van der Waals surface area contributed by atoms with Crippen LogP contribution < -0.4 is 16.0 Å². The number of hydrogen-bond donors (Lipinski definition) is 26. The second-order valence-electron chi connectivity index (χ2n) is 24.6. The first kappa shape index (κ1) is 80.6. The zero-order valence-electron chi connectivity index (χ0n) is 52.4. The van der Waals surface area contributed by atoms with Crippen LogP contribution in [-0.2, 0) is 85.4 Å². The topological polar surface area (TPSA) is 691 Å². The van der Waals surface area contributed by atoms with E-state index in [2.05, 4.69) is 16.0 Å². The molecule has 8 aliphatic rings. The van der Waals surface area contributed by atoms with Crippen LogP contribution in [-0.4, -0.2) is 433 Å². The first-order valence-corrected chi connectivity index (χ1v) is 31.1. The number of hydrogen-bond acceptors (Lipinski definition) is 41. The Hall–Kier alpha value is -3.11. The number of nitrogens with one attached hydrogen (secondary N) is 3. The molecule has 8 saturated heterocycles. The molecule has 3 amide bonds. The molecule has 44 nitrogen and oxygen atoms in total. The van der Waals surface area contributed by atoms with Crippen molar-refractivity contribution in [2.75, 3.05) is 52.9 Å². The van der Waals surface area contributed by atoms with Gasteiger partial charge in [-0.25, -0.2) is 0 Å². The van der Waals surface area contributed by atoms with Crippen LogP contribution in [0.4, 0.5) is 0 Å². The Morgan fingerprint density at radius 3 is 0.959 bits per heavy atom. The summed E-state index contributed by atoms with van der Waals surface area (Å²) in [5.74, 6) is -2.61. The number of ether oxygens (including phenoxy) is 15. The van der Waals surface area contributed by atoms with Gasteiger partial charge in [-0.05, 0) is 0 Å². The summed E-state index contributed by atoms with van der Waals surface area (Å²) in [7, 11) is 0. The van der Waals surface area contributed by atoms with E-state index in [4.69, 9.17) is 71.1 Å². The van der Waals surface area contributed by atoms with Gasteiger partial charge in [-0.15, -0.1) is 0 Å². The monoisotopic (exact) mass is 1440 g/mol. The summed E-state index contributed by atoms with van der Waals surface area (Å²) in [6.45, 7) is -5.52. The minimum atomic E-state index is -2.51. The molecule has 8 heterocycles. The van der Waals surface area contributed by atoms with Crippen LogP contribution in [0.25, 0.3) is 0 Å². The predicted octanol–water partition coefficient (Wildman–Crippen LogP) is -18.0. The Labute approximate surface area is 554 Å². The Kier molecular flexibility index (Phi) is 28.9. The van der Waals surface area contributed by atoms with Gasteiger partial charge in [0.05, 0.1) is 52.9 Å². The Bertz CT molecular complexity index is 2510. The minimum absolute atomic E-state index is 0.768. The van der Waals surface area contributed by atoms with E-state index in [9.17, 15) is 132 Å². The molecule has 8 fully saturated rings. The van der Waals surface area contributed by atoms with Crippen molar-refractivity contribution in [2.45, 2.75) is 266 Å². The fourth-order valence-corrected chi connectivity index (χ4v) is 12.6. The number of aliphatic hydroxyl groups is 23. The van der Waals surface area contributed by atoms with Crippen molar-refractivity contribution in [2.24, 2.45) is 0 Å². The summed E-state index contributed by atoms with van der Waals surface area (Å²) in [6, 6.07) is -5.41. The molecule has 8 aliphatic heterocycles. The average molecular weight is 1440 g/mol. The van der Waals surface area contributed by atoms with Crippen LogP contribution in [0, 0.1) is 0 Å². The lowest BCUT2D eigenvalue weighted by Crippen LogP contribution is -2.71. The van der Waals surface area contributed by atoms with Crippen molar-refractivity contribution in [3.63, 3.8) is 0 Å². The third-order valence-corrected chi connectivity index (χ3v) is 17.8. The van der Waals surface area contributed by atoms with Crippen LogP contribution in [0.2, 0.25) is 0 Å². The number of carbonyl (C=O) groups excluding carboxylic acids is 3. The van der Waals surface area contributed by atoms with Gasteiger partial charge in [-0.3, -0.25) is 14.4 Å². The van der Waals surface area contributed by atoms with Crippen molar-refractivity contribution >= 4 is 17.7 Å². The number of rotatable bonds is 25. The Morgan fingerprint density at radius 2 is 0.551 bits per heavy atom. The van der Waals surface area contributed by atoms with E-state index in [0.717, 1.165) is 20.8 Å². The van der Waals surface area contributed by atoms with E-state index in [1.54, 1.807) is 0 Å². The molecule has 0 radical (unpaired) electrons. The number of amides is 3. The molecule has 0 saturated carbocycles. The second-order valence-corrected chi connectivity index (χ2v) is 24.6. The highest BCUT2D eigenvalue weighted by Gasteiger charge is 2.60. The van der Waals surface area contributed by atoms with Gasteiger partial charge in [-0.1, -0.05) is 0 Å². The molecule has 0 aromatic rings. The minimum Gasteiger partial charge on any atom is -0.394 e. The first-order chi connectivity index (χ1) is 46.4. The molecule has 26 N–H and O–H groups in total. The van der Waals surface area contributed by atoms with Crippen LogP contribution >= 0.6 is 0 Å². The largest absolute Gasteiger partial charge is 0.394 e. The molecule has 0 aliphatic carbocycles. The van der Waals surface area contributed by atoms with Gasteiger partial charge in [-0.2, -0.15) is 0 Å². The Morgan fingerprint density at radius 1 is 0.265 bits per heavy atom. The number of carbonyl (C=O) groups is 3. The fraction of sp³-hybridized carbons (Fsp3) is 0.944. The molecule has 0 aromatic carbocycles. The van der Waals surface area contributed by atoms with Gasteiger partial charge in [0.1, 0.15) is 195 Å². The third kappa shape index (κ3) is 17.5. The summed E-state index contributed by atoms with van der Waals surface area (Å²) in [5.41, 5.74) is 0. The molecule has 0 bridgehead atoms. The van der Waals surface area contributed by atoms with Crippen LogP contribution in [0.15, 0.2) is 0 Å². The van der Waals surface area contributed by atoms with Gasteiger partial charge < -0.3 is 204 Å². The summed E-state index contributed by atoms with van der Waals surface area (Å²) in [6.07, 6.45) is -75.6. The molecule has 44 heteroatoms. The van der Waals surface area contributed by atoms with Gasteiger partial charge in [0.15, 0.2) is 50.3 Å². The molecule has 568 valence electrons. The lowest BCUT2D eigenvalue weighted by molar-refractivity contribution is -0.399. The van der Waals surface area contributed by atoms with Gasteiger partial charge in [0.25, 0.3) is 0 Å². The van der Waals surface area contributed by atoms with Crippen LogP contribution in [0.5, 0.6) is 0 Å². The normalized spacial score (nSPS) is 49.5. The molecule has 40 atom stereocenters. The van der Waals surface area contributed by atoms with E-state index in [-0.39, 0.29) is 0 Å². The number of aliphatic hydroxyl groups excluding tert-OH is 23. The summed E-state index contributed by atoms with van der Waals surface area (Å²) < 4.78 is 87.8. The standard InChI is InChI=1S/C54H91N3O41/c1-12(65)55-23-31(73)41(19(8-62)85-47(23)83)93-48-24(56-13(2)66)32(74)43(21(10-64)90-48)95-52-40(82)44(30(72)22(92-52)11-84-53-45(36(78)28(70)17(6-60)88-53)98-51-39(81)35(77)27(69)16(5-59)87-51)96-54-46(37(79)29(71)18(7-61)89-54)97-49-25(57-14(3)67)33(75)42(20(9-63)91-49)94-50-38(80)34(76)26(68)15(4-58)86-50/h15-54,58-64,68-83H,4-11H2,1-3H3,(H,55,65)(H,56,66)(H,57,67)/t15-,16-,17-,18-,19-,20-,21-,22-,23-,24-,25-,26+,27-,28-,29-,30-,31-,32-,33-,34+,35+,36+,37+,38-,39+,40+,41-,42-,43-,44+,45+,46+,47-,48+,49+,50+,51-,52+,53+,54-/m1/s1. The van der Waals surface area contributed by atoms with E-state index in [1.165, 1.54) is 0 Å². The highest BCUT2D eigenvalue weighted by molar-refractivity contribution is 5.74. The van der Waals surface area contributed by atoms with Crippen molar-refractivity contribution in [3.05, 3.63) is 0 Å². The lowest BCUT2D eigenvalue weighted by Gasteiger charge is -2.51. The SMILES string of the molecule is CC(=O)N[C@@H]1[C@@H](O)[C@H](O[C@@H]2O[C@H](CO)[C@@H](O[C@@H]3O[C@H](CO[C@H]4O[C@H](CO)[C@@H](O)[C@H](O)[C@@H]4O[C@H]4O[C@H](CO)[C@@H](O)[C@H](O)[C@@H]4O)[C@@H](O)[C@H](O[C@H]4O[C@H](CO)[C@@H](O)[C@H](O)[C@@H]4O[C@@H]4O[C@H](CO)[C@@H](O[C@@H]5O[C@H](CO)[C@H](O)[C@H](O)[C@H]5O)[C@H](O)[C@H]4NC(C)=O)[C@@H]3O)[C@H](O)[C@H]2NC(C)=O)[C@@H](CO)O[C@H]1O. The van der Waals surface area contributed by atoms with Crippen LogP contribution in [0.1, 0.15) is 20.8 Å². The molecular weight excluding hydrogens is 1350 g/mol. The maximum Gasteiger partial charge on any atom is 0.217 e. The zero-order chi connectivity index (χ0) is 72.2. The van der Waals surface area contributed by atoms with Gasteiger partial charge in [0.2, 0.25) is 17.7 Å². The summed E-state index contributed by atoms with van der Waals surface area (Å²) in [5, 5.41) is 259. The molecular formula is C54H91N3O41. The Balaban J connectivity index is 1.13. The first-order valence-electron chi connectivity index (χ1n) is 31.1. The lowest BCUT2D eigenvalue weighted by atomic mass is 9.93. The van der Waals surface area contributed by atoms with E-state index < -0.39 is 316 Å². The fourth-order valence-electron chi connectivity index (χ4n) is 12.6. The summed E-state index contributed by atoms with van der Waals surface area (Å²) >= 11 is 0. The average Bonchev–Trinajstić information content (AvgIpc) is 0.770. The van der Waals surface area contributed by atoms with Gasteiger partial charge in [0, 0.05) is 20.8 Å². The van der Waals surface area contributed by atoms with Crippen molar-refractivity contribution < 1.29 is 203 Å². The maximum absolute atomic E-state index is 12.9. The van der Waals surface area contributed by atoms with E-state index in [0.29, 0.717) is 0 Å². The molecule has 98 heavy (non-hydrogen) atoms. The van der Waals surface area contributed by atoms with Crippen molar-refractivity contribution in [3.8, 4) is 0 Å². The van der Waals surface area contributed by atoms with Crippen molar-refractivity contribution in [1.82, 2.24) is 16.0 Å². The van der Waals surface area contributed by atoms with E-state index >= 15 is 0 Å². The molecule has 8 rings (SSSR count). The highest BCUT2D eigenvalue weighted by Crippen LogP contribution is 2.39. The quantitative estimate of drug-likeness (QED) is 0.0404. The molecule has 0 unspecified atom stereocenters.